The van der Waals surface area contributed by atoms with E-state index < -0.39 is 0 Å². The smallest absolute Gasteiger partial charge is 0.178 e. The number of nitriles is 1. The maximum absolute atomic E-state index is 9.14. The van der Waals surface area contributed by atoms with Gasteiger partial charge in [-0.05, 0) is 63.2 Å². The number of nitrogens with zero attached hydrogens (tertiary/aromatic N) is 3. The number of aryl methyl sites for hydroxylation is 1. The first-order valence-corrected chi connectivity index (χ1v) is 7.54. The molecule has 104 valence electrons. The number of aromatic nitrogens is 2. The molecule has 1 saturated heterocycles. The van der Waals surface area contributed by atoms with E-state index in [9.17, 15) is 0 Å². The van der Waals surface area contributed by atoms with Crippen molar-refractivity contribution >= 4 is 23.3 Å². The molecule has 0 radical (unpaired) electrons. The highest BCUT2D eigenvalue weighted by atomic mass is 32.1. The molecule has 0 aliphatic carbocycles. The summed E-state index contributed by atoms with van der Waals surface area (Å²) in [5, 5.41) is 9.14. The minimum absolute atomic E-state index is 0.659. The van der Waals surface area contributed by atoms with Crippen LogP contribution >= 0.6 is 12.2 Å². The van der Waals surface area contributed by atoms with Gasteiger partial charge in [-0.15, -0.1) is 0 Å². The van der Waals surface area contributed by atoms with E-state index >= 15 is 0 Å². The first-order chi connectivity index (χ1) is 9.79. The third-order valence-electron chi connectivity index (χ3n) is 3.99. The number of para-hydroxylation sites is 1. The van der Waals surface area contributed by atoms with Crippen LogP contribution in [0.4, 0.5) is 0 Å². The lowest BCUT2D eigenvalue weighted by molar-refractivity contribution is 0.326. The van der Waals surface area contributed by atoms with Crippen LogP contribution in [0.3, 0.4) is 0 Å². The molecule has 2 heterocycles. The van der Waals surface area contributed by atoms with Crippen molar-refractivity contribution < 1.29 is 0 Å². The monoisotopic (exact) mass is 286 g/mol. The Balaban J connectivity index is 1.79. The van der Waals surface area contributed by atoms with Gasteiger partial charge < -0.3 is 14.5 Å². The van der Waals surface area contributed by atoms with Gasteiger partial charge in [0.2, 0.25) is 0 Å². The highest BCUT2D eigenvalue weighted by Crippen LogP contribution is 2.18. The fourth-order valence-corrected chi connectivity index (χ4v) is 3.25. The van der Waals surface area contributed by atoms with Crippen LogP contribution < -0.4 is 0 Å². The van der Waals surface area contributed by atoms with Gasteiger partial charge in [0, 0.05) is 6.54 Å². The normalized spacial score (nSPS) is 15.8. The summed E-state index contributed by atoms with van der Waals surface area (Å²) in [6.07, 6.45) is 3.76. The fourth-order valence-electron chi connectivity index (χ4n) is 2.95. The average Bonchev–Trinajstić information content (AvgIpc) is 3.07. The Bertz CT molecular complexity index is 701. The van der Waals surface area contributed by atoms with Crippen LogP contribution in [0, 0.1) is 16.1 Å². The Labute approximate surface area is 123 Å². The lowest BCUT2D eigenvalue weighted by Crippen LogP contribution is -2.21. The molecule has 0 bridgehead atoms. The fraction of sp³-hybridized carbons (Fsp3) is 0.467. The molecule has 1 fully saturated rings. The van der Waals surface area contributed by atoms with Crippen molar-refractivity contribution in [3.8, 4) is 6.07 Å². The van der Waals surface area contributed by atoms with Crippen molar-refractivity contribution in [1.29, 1.82) is 5.26 Å². The van der Waals surface area contributed by atoms with E-state index in [0.29, 0.717) is 10.3 Å². The minimum Gasteiger partial charge on any atom is -0.329 e. The number of rotatable bonds is 4. The highest BCUT2D eigenvalue weighted by Gasteiger charge is 2.12. The van der Waals surface area contributed by atoms with Crippen molar-refractivity contribution in [3.63, 3.8) is 0 Å². The molecule has 3 rings (SSSR count). The zero-order chi connectivity index (χ0) is 13.9. The number of hydrogen-bond donors (Lipinski definition) is 1. The van der Waals surface area contributed by atoms with Gasteiger partial charge in [-0.2, -0.15) is 5.26 Å². The molecule has 0 spiro atoms. The molecule has 20 heavy (non-hydrogen) atoms. The number of imidazole rings is 1. The molecule has 2 aromatic rings. The van der Waals surface area contributed by atoms with Gasteiger partial charge in [-0.1, -0.05) is 6.07 Å². The van der Waals surface area contributed by atoms with Crippen molar-refractivity contribution in [2.75, 3.05) is 19.6 Å². The lowest BCUT2D eigenvalue weighted by Gasteiger charge is -2.14. The van der Waals surface area contributed by atoms with E-state index in [4.69, 9.17) is 17.5 Å². The first kappa shape index (κ1) is 13.3. The van der Waals surface area contributed by atoms with Gasteiger partial charge in [0.25, 0.3) is 0 Å². The topological polar surface area (TPSA) is 47.8 Å². The Kier molecular flexibility index (Phi) is 3.86. The molecule has 1 aliphatic rings. The van der Waals surface area contributed by atoms with Crippen LogP contribution in [0.2, 0.25) is 0 Å². The number of aromatic amines is 1. The van der Waals surface area contributed by atoms with Crippen LogP contribution in [0.15, 0.2) is 18.2 Å². The molecule has 0 amide bonds. The molecule has 1 aromatic carbocycles. The van der Waals surface area contributed by atoms with E-state index in [-0.39, 0.29) is 0 Å². The van der Waals surface area contributed by atoms with Gasteiger partial charge in [-0.3, -0.25) is 0 Å². The van der Waals surface area contributed by atoms with E-state index in [1.54, 1.807) is 0 Å². The summed E-state index contributed by atoms with van der Waals surface area (Å²) in [4.78, 5) is 5.68. The SMILES string of the molecule is N#Cc1cccc2c1[nH]c(=S)n2CCCN1CCCC1. The standard InChI is InChI=1S/C15H18N4S/c16-11-12-5-3-6-13-14(12)17-15(20)19(13)10-4-9-18-7-1-2-8-18/h3,5-6H,1-2,4,7-10H2,(H,17,20). The average molecular weight is 286 g/mol. The minimum atomic E-state index is 0.659. The number of nitrogens with one attached hydrogen (secondary N) is 1. The zero-order valence-electron chi connectivity index (χ0n) is 11.4. The number of benzene rings is 1. The Morgan fingerprint density at radius 3 is 2.80 bits per heavy atom. The molecule has 1 N–H and O–H groups in total. The number of fused-ring (bicyclic) bond motifs is 1. The quantitative estimate of drug-likeness (QED) is 0.879. The second kappa shape index (κ2) is 5.78. The summed E-state index contributed by atoms with van der Waals surface area (Å²) in [5.74, 6) is 0. The zero-order valence-corrected chi connectivity index (χ0v) is 12.2. The first-order valence-electron chi connectivity index (χ1n) is 7.13. The molecule has 1 aliphatic heterocycles. The van der Waals surface area contributed by atoms with Crippen molar-refractivity contribution in [1.82, 2.24) is 14.5 Å². The van der Waals surface area contributed by atoms with E-state index in [1.165, 1.54) is 25.9 Å². The Morgan fingerprint density at radius 2 is 2.05 bits per heavy atom. The number of H-pyrrole nitrogens is 1. The summed E-state index contributed by atoms with van der Waals surface area (Å²) >= 11 is 5.39. The van der Waals surface area contributed by atoms with Gasteiger partial charge in [0.1, 0.15) is 6.07 Å². The predicted octanol–water partition coefficient (Wildman–Crippen LogP) is 3.06. The van der Waals surface area contributed by atoms with Crippen LogP contribution in [0.5, 0.6) is 0 Å². The molecule has 0 saturated carbocycles. The van der Waals surface area contributed by atoms with Crippen LogP contribution in [-0.4, -0.2) is 34.1 Å². The van der Waals surface area contributed by atoms with Gasteiger partial charge >= 0.3 is 0 Å². The van der Waals surface area contributed by atoms with E-state index in [0.717, 1.165) is 30.5 Å². The molecule has 0 atom stereocenters. The van der Waals surface area contributed by atoms with Gasteiger partial charge in [0.15, 0.2) is 4.77 Å². The summed E-state index contributed by atoms with van der Waals surface area (Å²) in [6, 6.07) is 7.98. The third-order valence-corrected chi connectivity index (χ3v) is 4.31. The van der Waals surface area contributed by atoms with Crippen LogP contribution in [0.1, 0.15) is 24.8 Å². The third kappa shape index (κ3) is 2.49. The maximum atomic E-state index is 9.14. The second-order valence-electron chi connectivity index (χ2n) is 5.30. The molecule has 1 aromatic heterocycles. The Morgan fingerprint density at radius 1 is 1.25 bits per heavy atom. The van der Waals surface area contributed by atoms with Gasteiger partial charge in [-0.25, -0.2) is 0 Å². The molecule has 0 unspecified atom stereocenters. The summed E-state index contributed by atoms with van der Waals surface area (Å²) in [6.45, 7) is 4.51. The summed E-state index contributed by atoms with van der Waals surface area (Å²) in [7, 11) is 0. The number of likely N-dealkylation sites (tertiary alicyclic amines) is 1. The van der Waals surface area contributed by atoms with Crippen LogP contribution in [0.25, 0.3) is 11.0 Å². The largest absolute Gasteiger partial charge is 0.329 e. The van der Waals surface area contributed by atoms with Crippen molar-refractivity contribution in [2.45, 2.75) is 25.8 Å². The van der Waals surface area contributed by atoms with Gasteiger partial charge in [0.05, 0.1) is 16.6 Å². The summed E-state index contributed by atoms with van der Waals surface area (Å²) < 4.78 is 2.82. The van der Waals surface area contributed by atoms with Crippen molar-refractivity contribution in [2.24, 2.45) is 0 Å². The van der Waals surface area contributed by atoms with E-state index in [1.807, 2.05) is 18.2 Å². The Hall–Kier alpha value is -1.64. The second-order valence-corrected chi connectivity index (χ2v) is 5.68. The summed E-state index contributed by atoms with van der Waals surface area (Å²) in [5.41, 5.74) is 2.56. The molecule has 5 heteroatoms. The number of hydrogen-bond acceptors (Lipinski definition) is 3. The van der Waals surface area contributed by atoms with E-state index in [2.05, 4.69) is 20.5 Å². The van der Waals surface area contributed by atoms with Crippen molar-refractivity contribution in [3.05, 3.63) is 28.5 Å². The molecule has 4 nitrogen and oxygen atoms in total. The lowest BCUT2D eigenvalue weighted by atomic mass is 10.2. The molecular weight excluding hydrogens is 268 g/mol. The molecular formula is C15H18N4S. The maximum Gasteiger partial charge on any atom is 0.178 e. The highest BCUT2D eigenvalue weighted by molar-refractivity contribution is 7.71. The van der Waals surface area contributed by atoms with Crippen LogP contribution in [-0.2, 0) is 6.54 Å². The predicted molar refractivity (Wildman–Crippen MR) is 82.1 cm³/mol.